The summed E-state index contributed by atoms with van der Waals surface area (Å²) in [7, 11) is 0. The molecule has 1 heterocycles. The van der Waals surface area contributed by atoms with Gasteiger partial charge in [0.1, 0.15) is 5.70 Å². The van der Waals surface area contributed by atoms with E-state index in [0.717, 1.165) is 5.56 Å². The molecule has 1 aliphatic rings. The summed E-state index contributed by atoms with van der Waals surface area (Å²) in [4.78, 5) is 34.6. The summed E-state index contributed by atoms with van der Waals surface area (Å²) >= 11 is 0. The Morgan fingerprint density at radius 1 is 1.00 bits per heavy atom. The molecule has 1 fully saturated rings. The Morgan fingerprint density at radius 3 is 2.33 bits per heavy atom. The quantitative estimate of drug-likeness (QED) is 0.505. The summed E-state index contributed by atoms with van der Waals surface area (Å²) in [5.41, 5.74) is 1.65. The molecule has 138 valence electrons. The lowest BCUT2D eigenvalue weighted by molar-refractivity contribution is -0.139. The summed E-state index contributed by atoms with van der Waals surface area (Å²) in [6.45, 7) is 2.48. The molecule has 0 radical (unpaired) electrons. The molecule has 1 saturated heterocycles. The summed E-state index contributed by atoms with van der Waals surface area (Å²) in [6.07, 6.45) is 0.994. The Balaban J connectivity index is 1.86. The number of ether oxygens (including phenoxy) is 3. The van der Waals surface area contributed by atoms with Gasteiger partial charge in [-0.1, -0.05) is 36.4 Å². The van der Waals surface area contributed by atoms with Gasteiger partial charge in [-0.05, 0) is 23.8 Å². The summed E-state index contributed by atoms with van der Waals surface area (Å²) in [6, 6.07) is 13.9. The number of carbonyl (C=O) groups excluding carboxylic acids is 3. The number of hydrogen-bond donors (Lipinski definition) is 1. The first-order valence-corrected chi connectivity index (χ1v) is 8.17. The lowest BCUT2D eigenvalue weighted by atomic mass is 10.1. The first-order valence-electron chi connectivity index (χ1n) is 8.17. The van der Waals surface area contributed by atoms with Crippen molar-refractivity contribution in [2.24, 2.45) is 0 Å². The van der Waals surface area contributed by atoms with Gasteiger partial charge in [0.15, 0.2) is 17.7 Å². The number of esters is 3. The molecule has 0 amide bonds. The van der Waals surface area contributed by atoms with E-state index in [1.807, 2.05) is 30.3 Å². The van der Waals surface area contributed by atoms with Crippen LogP contribution in [-0.2, 0) is 19.1 Å². The summed E-state index contributed by atoms with van der Waals surface area (Å²) < 4.78 is 15.4. The second-order valence-corrected chi connectivity index (χ2v) is 5.79. The summed E-state index contributed by atoms with van der Waals surface area (Å²) in [5.74, 6) is -1.40. The van der Waals surface area contributed by atoms with Crippen molar-refractivity contribution >= 4 is 24.0 Å². The zero-order valence-electron chi connectivity index (χ0n) is 14.7. The van der Waals surface area contributed by atoms with Gasteiger partial charge in [0.05, 0.1) is 0 Å². The minimum atomic E-state index is -0.571. The Hall–Kier alpha value is -3.61. The molecule has 0 saturated carbocycles. The monoisotopic (exact) mass is 367 g/mol. The van der Waals surface area contributed by atoms with E-state index in [-0.39, 0.29) is 17.2 Å². The van der Waals surface area contributed by atoms with Crippen molar-refractivity contribution in [2.45, 2.75) is 20.1 Å². The minimum Gasteiger partial charge on any atom is -0.433 e. The molecule has 7 heteroatoms. The van der Waals surface area contributed by atoms with Gasteiger partial charge in [-0.15, -0.1) is 0 Å². The van der Waals surface area contributed by atoms with E-state index in [9.17, 15) is 14.4 Å². The van der Waals surface area contributed by atoms with Gasteiger partial charge in [-0.2, -0.15) is 0 Å². The highest BCUT2D eigenvalue weighted by Gasteiger charge is 2.29. The van der Waals surface area contributed by atoms with Gasteiger partial charge in [-0.25, -0.2) is 4.79 Å². The smallest absolute Gasteiger partial charge is 0.356 e. The first-order chi connectivity index (χ1) is 12.9. The van der Waals surface area contributed by atoms with Gasteiger partial charge in [-0.3, -0.25) is 9.59 Å². The SMILES string of the molecule is CC(=O)Oc1ccc(/C=C2/N[C@H](c3ccccc3)OC2=O)cc1OC(C)=O. The van der Waals surface area contributed by atoms with Crippen molar-refractivity contribution in [3.8, 4) is 11.5 Å². The highest BCUT2D eigenvalue weighted by atomic mass is 16.6. The van der Waals surface area contributed by atoms with E-state index in [1.54, 1.807) is 12.1 Å². The average molecular weight is 367 g/mol. The standard InChI is InChI=1S/C20H17NO6/c1-12(22)25-17-9-8-14(11-18(17)26-13(2)23)10-16-20(24)27-19(21-16)15-6-4-3-5-7-15/h3-11,19,21H,1-2H3/b16-10+/t19-/m0/s1. The third-order valence-electron chi connectivity index (χ3n) is 3.62. The lowest BCUT2D eigenvalue weighted by Crippen LogP contribution is -2.12. The molecule has 0 unspecified atom stereocenters. The van der Waals surface area contributed by atoms with Crippen LogP contribution in [0.4, 0.5) is 0 Å². The molecule has 27 heavy (non-hydrogen) atoms. The predicted molar refractivity (Wildman–Crippen MR) is 95.4 cm³/mol. The maximum atomic E-state index is 12.1. The van der Waals surface area contributed by atoms with Crippen LogP contribution in [0.25, 0.3) is 6.08 Å². The first kappa shape index (κ1) is 18.2. The molecule has 0 bridgehead atoms. The molecule has 3 rings (SSSR count). The van der Waals surface area contributed by atoms with Gasteiger partial charge >= 0.3 is 17.9 Å². The molecule has 2 aromatic carbocycles. The van der Waals surface area contributed by atoms with Crippen molar-refractivity contribution in [2.75, 3.05) is 0 Å². The van der Waals surface area contributed by atoms with Crippen LogP contribution in [0.3, 0.4) is 0 Å². The Kier molecular flexibility index (Phi) is 5.21. The van der Waals surface area contributed by atoms with Crippen molar-refractivity contribution < 1.29 is 28.6 Å². The summed E-state index contributed by atoms with van der Waals surface area (Å²) in [5, 5.41) is 3.01. The van der Waals surface area contributed by atoms with Crippen LogP contribution in [0.2, 0.25) is 0 Å². The molecule has 0 spiro atoms. The van der Waals surface area contributed by atoms with Crippen molar-refractivity contribution in [1.82, 2.24) is 5.32 Å². The molecule has 1 atom stereocenters. The number of benzene rings is 2. The van der Waals surface area contributed by atoms with Crippen molar-refractivity contribution in [3.05, 3.63) is 65.4 Å². The molecular weight excluding hydrogens is 350 g/mol. The lowest BCUT2D eigenvalue weighted by Gasteiger charge is -2.10. The zero-order valence-corrected chi connectivity index (χ0v) is 14.7. The molecule has 0 aromatic heterocycles. The Labute approximate surface area is 155 Å². The van der Waals surface area contributed by atoms with E-state index in [0.29, 0.717) is 5.56 Å². The van der Waals surface area contributed by atoms with Crippen LogP contribution in [0, 0.1) is 0 Å². The van der Waals surface area contributed by atoms with Gasteiger partial charge in [0, 0.05) is 19.4 Å². The fourth-order valence-electron chi connectivity index (χ4n) is 2.53. The molecule has 1 N–H and O–H groups in total. The van der Waals surface area contributed by atoms with Crippen LogP contribution in [0.15, 0.2) is 54.2 Å². The van der Waals surface area contributed by atoms with E-state index in [2.05, 4.69) is 5.32 Å². The third-order valence-corrected chi connectivity index (χ3v) is 3.62. The second-order valence-electron chi connectivity index (χ2n) is 5.79. The van der Waals surface area contributed by atoms with Gasteiger partial charge in [0.2, 0.25) is 0 Å². The maximum Gasteiger partial charge on any atom is 0.356 e. The van der Waals surface area contributed by atoms with E-state index in [1.165, 1.54) is 26.0 Å². The highest BCUT2D eigenvalue weighted by Crippen LogP contribution is 2.31. The molecular formula is C20H17NO6. The third kappa shape index (κ3) is 4.52. The van der Waals surface area contributed by atoms with E-state index in [4.69, 9.17) is 14.2 Å². The largest absolute Gasteiger partial charge is 0.433 e. The minimum absolute atomic E-state index is 0.0815. The number of rotatable bonds is 4. The normalized spacial score (nSPS) is 17.2. The topological polar surface area (TPSA) is 90.9 Å². The second kappa shape index (κ2) is 7.74. The predicted octanol–water partition coefficient (Wildman–Crippen LogP) is 2.72. The van der Waals surface area contributed by atoms with Crippen LogP contribution in [0.1, 0.15) is 31.2 Å². The van der Waals surface area contributed by atoms with Gasteiger partial charge < -0.3 is 19.5 Å². The molecule has 7 nitrogen and oxygen atoms in total. The molecule has 0 aliphatic carbocycles. The highest BCUT2D eigenvalue weighted by molar-refractivity contribution is 5.95. The van der Waals surface area contributed by atoms with Crippen LogP contribution < -0.4 is 14.8 Å². The fraction of sp³-hybridized carbons (Fsp3) is 0.150. The fourth-order valence-corrected chi connectivity index (χ4v) is 2.53. The molecule has 2 aromatic rings. The van der Waals surface area contributed by atoms with Crippen LogP contribution in [-0.4, -0.2) is 17.9 Å². The van der Waals surface area contributed by atoms with Crippen LogP contribution >= 0.6 is 0 Å². The molecule has 1 aliphatic heterocycles. The number of carbonyl (C=O) groups is 3. The Morgan fingerprint density at radius 2 is 1.67 bits per heavy atom. The van der Waals surface area contributed by atoms with Crippen molar-refractivity contribution in [1.29, 1.82) is 0 Å². The van der Waals surface area contributed by atoms with Crippen LogP contribution in [0.5, 0.6) is 11.5 Å². The number of nitrogens with one attached hydrogen (secondary N) is 1. The van der Waals surface area contributed by atoms with Gasteiger partial charge in [0.25, 0.3) is 0 Å². The van der Waals surface area contributed by atoms with Crippen molar-refractivity contribution in [3.63, 3.8) is 0 Å². The maximum absolute atomic E-state index is 12.1. The number of hydrogen-bond acceptors (Lipinski definition) is 7. The number of cyclic esters (lactones) is 1. The average Bonchev–Trinajstić information content (AvgIpc) is 2.98. The Bertz CT molecular complexity index is 919. The van der Waals surface area contributed by atoms with E-state index >= 15 is 0 Å². The zero-order chi connectivity index (χ0) is 19.4. The van der Waals surface area contributed by atoms with E-state index < -0.39 is 24.1 Å².